The summed E-state index contributed by atoms with van der Waals surface area (Å²) in [5.74, 6) is 0. The van der Waals surface area contributed by atoms with Crippen molar-refractivity contribution in [3.8, 4) is 0 Å². The van der Waals surface area contributed by atoms with Crippen LogP contribution in [0.5, 0.6) is 0 Å². The summed E-state index contributed by atoms with van der Waals surface area (Å²) >= 11 is 4.99. The molecule has 2 nitrogen and oxygen atoms in total. The first-order valence-corrected chi connectivity index (χ1v) is 4.74. The number of hydrogen-bond donors (Lipinski definition) is 2. The molecule has 0 saturated carbocycles. The fourth-order valence-electron chi connectivity index (χ4n) is 1.06. The van der Waals surface area contributed by atoms with Crippen molar-refractivity contribution in [2.75, 3.05) is 12.4 Å². The van der Waals surface area contributed by atoms with Crippen LogP contribution in [0, 0.1) is 0 Å². The number of hydrogen-bond acceptors (Lipinski definition) is 1. The third kappa shape index (κ3) is 3.03. The van der Waals surface area contributed by atoms with Crippen molar-refractivity contribution in [3.05, 3.63) is 29.8 Å². The minimum Gasteiger partial charge on any atom is -0.366 e. The number of nitrogens with one attached hydrogen (secondary N) is 2. The van der Waals surface area contributed by atoms with Crippen molar-refractivity contribution in [1.82, 2.24) is 5.32 Å². The Morgan fingerprint density at radius 1 is 1.46 bits per heavy atom. The van der Waals surface area contributed by atoms with Gasteiger partial charge in [-0.15, -0.1) is 0 Å². The molecule has 1 aromatic carbocycles. The Hall–Kier alpha value is -1.09. The van der Waals surface area contributed by atoms with E-state index in [1.54, 1.807) is 7.05 Å². The van der Waals surface area contributed by atoms with Gasteiger partial charge in [0.2, 0.25) is 0 Å². The van der Waals surface area contributed by atoms with E-state index in [-0.39, 0.29) is 0 Å². The highest BCUT2D eigenvalue weighted by Gasteiger charge is 1.95. The Kier molecular flexibility index (Phi) is 3.71. The summed E-state index contributed by atoms with van der Waals surface area (Å²) in [4.78, 5) is 0. The normalized spacial score (nSPS) is 9.38. The van der Waals surface area contributed by atoms with E-state index in [1.807, 2.05) is 12.1 Å². The van der Waals surface area contributed by atoms with Gasteiger partial charge in [0, 0.05) is 12.7 Å². The van der Waals surface area contributed by atoms with Gasteiger partial charge in [0.1, 0.15) is 0 Å². The first-order valence-electron chi connectivity index (χ1n) is 4.34. The summed E-state index contributed by atoms with van der Waals surface area (Å²) in [6.45, 7) is 2.13. The van der Waals surface area contributed by atoms with Crippen LogP contribution in [0.15, 0.2) is 24.3 Å². The van der Waals surface area contributed by atoms with Crippen molar-refractivity contribution >= 4 is 23.0 Å². The van der Waals surface area contributed by atoms with Crippen LogP contribution in [0.4, 0.5) is 5.69 Å². The highest BCUT2D eigenvalue weighted by atomic mass is 32.1. The lowest BCUT2D eigenvalue weighted by Gasteiger charge is -2.07. The van der Waals surface area contributed by atoms with Crippen molar-refractivity contribution in [2.24, 2.45) is 0 Å². The summed E-state index contributed by atoms with van der Waals surface area (Å²) in [5, 5.41) is 6.60. The third-order valence-electron chi connectivity index (χ3n) is 1.82. The second-order valence-electron chi connectivity index (χ2n) is 2.76. The highest BCUT2D eigenvalue weighted by molar-refractivity contribution is 7.80. The van der Waals surface area contributed by atoms with E-state index < -0.39 is 0 Å². The average molecular weight is 194 g/mol. The van der Waals surface area contributed by atoms with Gasteiger partial charge in [0.25, 0.3) is 0 Å². The predicted octanol–water partition coefficient (Wildman–Crippen LogP) is 2.17. The summed E-state index contributed by atoms with van der Waals surface area (Å²) in [5.41, 5.74) is 2.35. The minimum absolute atomic E-state index is 0.647. The number of thiocarbonyl (C=S) groups is 1. The average Bonchev–Trinajstić information content (AvgIpc) is 2.18. The highest BCUT2D eigenvalue weighted by Crippen LogP contribution is 2.10. The topological polar surface area (TPSA) is 24.1 Å². The SMILES string of the molecule is CCc1cccc(NC(=S)NC)c1. The number of aryl methyl sites for hydroxylation is 1. The molecule has 13 heavy (non-hydrogen) atoms. The molecule has 0 aromatic heterocycles. The van der Waals surface area contributed by atoms with Gasteiger partial charge in [0.15, 0.2) is 5.11 Å². The van der Waals surface area contributed by atoms with Gasteiger partial charge >= 0.3 is 0 Å². The van der Waals surface area contributed by atoms with Gasteiger partial charge in [-0.25, -0.2) is 0 Å². The molecule has 0 aliphatic rings. The quantitative estimate of drug-likeness (QED) is 0.706. The predicted molar refractivity (Wildman–Crippen MR) is 61.1 cm³/mol. The van der Waals surface area contributed by atoms with Crippen LogP contribution in [0.1, 0.15) is 12.5 Å². The Bertz CT molecular complexity index is 297. The number of anilines is 1. The zero-order valence-corrected chi connectivity index (χ0v) is 8.74. The molecule has 0 radical (unpaired) electrons. The lowest BCUT2D eigenvalue weighted by atomic mass is 10.1. The van der Waals surface area contributed by atoms with E-state index in [1.165, 1.54) is 5.56 Å². The summed E-state index contributed by atoms with van der Waals surface area (Å²) in [7, 11) is 1.80. The summed E-state index contributed by atoms with van der Waals surface area (Å²) < 4.78 is 0. The molecule has 0 unspecified atom stereocenters. The lowest BCUT2D eigenvalue weighted by molar-refractivity contribution is 1.14. The first-order chi connectivity index (χ1) is 6.26. The fourth-order valence-corrected chi connectivity index (χ4v) is 1.18. The Labute approximate surface area is 84.3 Å². The van der Waals surface area contributed by atoms with Crippen LogP contribution in [0.2, 0.25) is 0 Å². The van der Waals surface area contributed by atoms with Crippen molar-refractivity contribution in [2.45, 2.75) is 13.3 Å². The molecule has 3 heteroatoms. The monoisotopic (exact) mass is 194 g/mol. The fraction of sp³-hybridized carbons (Fsp3) is 0.300. The largest absolute Gasteiger partial charge is 0.366 e. The molecule has 0 aliphatic carbocycles. The molecule has 0 fully saturated rings. The molecule has 0 amide bonds. The van der Waals surface area contributed by atoms with E-state index in [0.717, 1.165) is 12.1 Å². The summed E-state index contributed by atoms with van der Waals surface area (Å²) in [6, 6.07) is 8.24. The molecule has 2 N–H and O–H groups in total. The van der Waals surface area contributed by atoms with Gasteiger partial charge in [-0.1, -0.05) is 19.1 Å². The van der Waals surface area contributed by atoms with Crippen LogP contribution < -0.4 is 10.6 Å². The molecular formula is C10H14N2S. The van der Waals surface area contributed by atoms with Crippen molar-refractivity contribution < 1.29 is 0 Å². The van der Waals surface area contributed by atoms with Crippen LogP contribution >= 0.6 is 12.2 Å². The van der Waals surface area contributed by atoms with Crippen LogP contribution in [0.25, 0.3) is 0 Å². The van der Waals surface area contributed by atoms with Crippen LogP contribution in [0.3, 0.4) is 0 Å². The standard InChI is InChI=1S/C10H14N2S/c1-3-8-5-4-6-9(7-8)12-10(13)11-2/h4-7H,3H2,1-2H3,(H2,11,12,13). The maximum atomic E-state index is 4.99. The molecular weight excluding hydrogens is 180 g/mol. The second-order valence-corrected chi connectivity index (χ2v) is 3.17. The van der Waals surface area contributed by atoms with Gasteiger partial charge < -0.3 is 10.6 Å². The van der Waals surface area contributed by atoms with Gasteiger partial charge in [0.05, 0.1) is 0 Å². The maximum absolute atomic E-state index is 4.99. The van der Waals surface area contributed by atoms with Gasteiger partial charge in [-0.05, 0) is 36.3 Å². The van der Waals surface area contributed by atoms with Crippen molar-refractivity contribution in [1.29, 1.82) is 0 Å². The smallest absolute Gasteiger partial charge is 0.170 e. The van der Waals surface area contributed by atoms with E-state index in [9.17, 15) is 0 Å². The molecule has 0 spiro atoms. The third-order valence-corrected chi connectivity index (χ3v) is 2.13. The first kappa shape index (κ1) is 9.99. The van der Waals surface area contributed by atoms with Gasteiger partial charge in [-0.2, -0.15) is 0 Å². The molecule has 0 heterocycles. The number of rotatable bonds is 2. The van der Waals surface area contributed by atoms with Gasteiger partial charge in [-0.3, -0.25) is 0 Å². The Morgan fingerprint density at radius 3 is 2.85 bits per heavy atom. The molecule has 1 rings (SSSR count). The van der Waals surface area contributed by atoms with E-state index in [4.69, 9.17) is 12.2 Å². The summed E-state index contributed by atoms with van der Waals surface area (Å²) in [6.07, 6.45) is 1.04. The molecule has 0 saturated heterocycles. The maximum Gasteiger partial charge on any atom is 0.170 e. The molecule has 0 aliphatic heterocycles. The Morgan fingerprint density at radius 2 is 2.23 bits per heavy atom. The lowest BCUT2D eigenvalue weighted by Crippen LogP contribution is -2.24. The van der Waals surface area contributed by atoms with Crippen LogP contribution in [-0.4, -0.2) is 12.2 Å². The van der Waals surface area contributed by atoms with E-state index >= 15 is 0 Å². The zero-order chi connectivity index (χ0) is 9.68. The van der Waals surface area contributed by atoms with E-state index in [0.29, 0.717) is 5.11 Å². The van der Waals surface area contributed by atoms with Crippen molar-refractivity contribution in [3.63, 3.8) is 0 Å². The number of benzene rings is 1. The second kappa shape index (κ2) is 4.82. The molecule has 70 valence electrons. The Balaban J connectivity index is 2.71. The molecule has 0 bridgehead atoms. The zero-order valence-electron chi connectivity index (χ0n) is 7.92. The van der Waals surface area contributed by atoms with Crippen LogP contribution in [-0.2, 0) is 6.42 Å². The molecule has 0 atom stereocenters. The van der Waals surface area contributed by atoms with E-state index in [2.05, 4.69) is 29.7 Å². The minimum atomic E-state index is 0.647. The molecule has 1 aromatic rings.